The average Bonchev–Trinajstić information content (AvgIpc) is 3.31. The van der Waals surface area contributed by atoms with E-state index >= 15 is 0 Å². The average molecular weight is 383 g/mol. The second-order valence-corrected chi connectivity index (χ2v) is 8.81. The number of fused-ring (bicyclic) bond motifs is 1. The van der Waals surface area contributed by atoms with Gasteiger partial charge in [0, 0.05) is 5.39 Å². The summed E-state index contributed by atoms with van der Waals surface area (Å²) in [6.07, 6.45) is 0. The molecule has 0 unspecified atom stereocenters. The molecule has 0 saturated heterocycles. The van der Waals surface area contributed by atoms with Crippen LogP contribution in [0.15, 0.2) is 76.3 Å². The van der Waals surface area contributed by atoms with E-state index in [-0.39, 0.29) is 6.54 Å². The van der Waals surface area contributed by atoms with Gasteiger partial charge in [0.15, 0.2) is 0 Å². The van der Waals surface area contributed by atoms with Gasteiger partial charge < -0.3 is 0 Å². The van der Waals surface area contributed by atoms with Gasteiger partial charge in [0.25, 0.3) is 0 Å². The minimum absolute atomic E-state index is 0.155. The van der Waals surface area contributed by atoms with Gasteiger partial charge in [-0.2, -0.15) is 5.10 Å². The van der Waals surface area contributed by atoms with E-state index in [2.05, 4.69) is 22.0 Å². The summed E-state index contributed by atoms with van der Waals surface area (Å²) in [7, 11) is -3.51. The Bertz CT molecular complexity index is 1120. The topological polar surface area (TPSA) is 64.0 Å². The molecular formula is C19H17N3O2S2. The second-order valence-electron chi connectivity index (χ2n) is 5.86. The molecular weight excluding hydrogens is 366 g/mol. The molecule has 4 aromatic rings. The summed E-state index contributed by atoms with van der Waals surface area (Å²) >= 11 is 1.20. The number of para-hydroxylation sites is 1. The fraction of sp³-hybridized carbons (Fsp3) is 0.105. The van der Waals surface area contributed by atoms with Gasteiger partial charge in [-0.05, 0) is 23.1 Å². The molecule has 0 spiro atoms. The van der Waals surface area contributed by atoms with Crippen molar-refractivity contribution in [2.45, 2.75) is 17.3 Å². The molecule has 132 valence electrons. The molecule has 0 amide bonds. The molecule has 0 aliphatic heterocycles. The highest BCUT2D eigenvalue weighted by molar-refractivity contribution is 7.91. The van der Waals surface area contributed by atoms with E-state index in [4.69, 9.17) is 0 Å². The van der Waals surface area contributed by atoms with Gasteiger partial charge >= 0.3 is 0 Å². The first kappa shape index (κ1) is 17.0. The monoisotopic (exact) mass is 383 g/mol. The smallest absolute Gasteiger partial charge is 0.250 e. The van der Waals surface area contributed by atoms with Crippen LogP contribution in [0.25, 0.3) is 10.9 Å². The lowest BCUT2D eigenvalue weighted by Crippen LogP contribution is -2.22. The van der Waals surface area contributed by atoms with Crippen LogP contribution >= 0.6 is 11.3 Å². The Morgan fingerprint density at radius 2 is 1.73 bits per heavy atom. The third-order valence-electron chi connectivity index (χ3n) is 4.10. The minimum atomic E-state index is -3.51. The Hall–Kier alpha value is -2.48. The van der Waals surface area contributed by atoms with E-state index in [1.165, 1.54) is 11.3 Å². The van der Waals surface area contributed by atoms with E-state index in [1.54, 1.807) is 17.5 Å². The summed E-state index contributed by atoms with van der Waals surface area (Å²) in [6.45, 7) is 0.793. The quantitative estimate of drug-likeness (QED) is 0.553. The normalized spacial score (nSPS) is 11.8. The molecule has 0 bridgehead atoms. The van der Waals surface area contributed by atoms with Crippen LogP contribution in [0.1, 0.15) is 11.3 Å². The Labute approximate surface area is 156 Å². The second kappa shape index (κ2) is 7.03. The number of hydrogen-bond acceptors (Lipinski definition) is 4. The third-order valence-corrected chi connectivity index (χ3v) is 6.90. The Kier molecular flexibility index (Phi) is 4.58. The maximum atomic E-state index is 12.4. The van der Waals surface area contributed by atoms with Crippen molar-refractivity contribution in [2.75, 3.05) is 0 Å². The van der Waals surface area contributed by atoms with Crippen molar-refractivity contribution >= 4 is 32.3 Å². The van der Waals surface area contributed by atoms with Crippen molar-refractivity contribution in [1.29, 1.82) is 0 Å². The number of thiophene rings is 1. The lowest BCUT2D eigenvalue weighted by molar-refractivity contribution is 0.581. The molecule has 4 rings (SSSR count). The highest BCUT2D eigenvalue weighted by Crippen LogP contribution is 2.21. The predicted octanol–water partition coefficient (Wildman–Crippen LogP) is 3.62. The summed E-state index contributed by atoms with van der Waals surface area (Å²) in [5.41, 5.74) is 2.85. The van der Waals surface area contributed by atoms with Gasteiger partial charge in [-0.1, -0.05) is 54.6 Å². The maximum absolute atomic E-state index is 12.4. The standard InChI is InChI=1S/C19H17N3O2S2/c23-26(24,19-11-6-12-25-19)20-13-17-16-9-4-5-10-18(16)22(21-17)14-15-7-2-1-3-8-15/h1-12,20H,13-14H2. The molecule has 0 radical (unpaired) electrons. The largest absolute Gasteiger partial charge is 0.260 e. The lowest BCUT2D eigenvalue weighted by atomic mass is 10.2. The number of nitrogens with zero attached hydrogens (tertiary/aromatic N) is 2. The predicted molar refractivity (Wildman–Crippen MR) is 104 cm³/mol. The highest BCUT2D eigenvalue weighted by atomic mass is 32.2. The van der Waals surface area contributed by atoms with Crippen LogP contribution in [0.2, 0.25) is 0 Å². The van der Waals surface area contributed by atoms with Gasteiger partial charge in [0.2, 0.25) is 10.0 Å². The summed E-state index contributed by atoms with van der Waals surface area (Å²) in [6, 6.07) is 21.3. The third kappa shape index (κ3) is 3.41. The fourth-order valence-electron chi connectivity index (χ4n) is 2.85. The molecule has 5 nitrogen and oxygen atoms in total. The van der Waals surface area contributed by atoms with Crippen molar-refractivity contribution in [3.8, 4) is 0 Å². The number of benzene rings is 2. The number of aromatic nitrogens is 2. The molecule has 0 aliphatic carbocycles. The highest BCUT2D eigenvalue weighted by Gasteiger charge is 2.17. The molecule has 7 heteroatoms. The van der Waals surface area contributed by atoms with Gasteiger partial charge in [-0.15, -0.1) is 11.3 Å². The minimum Gasteiger partial charge on any atom is -0.260 e. The molecule has 26 heavy (non-hydrogen) atoms. The van der Waals surface area contributed by atoms with Crippen LogP contribution < -0.4 is 4.72 Å². The summed E-state index contributed by atoms with van der Waals surface area (Å²) < 4.78 is 29.6. The van der Waals surface area contributed by atoms with E-state index in [0.717, 1.165) is 22.2 Å². The van der Waals surface area contributed by atoms with Gasteiger partial charge in [0.05, 0.1) is 24.3 Å². The summed E-state index contributed by atoms with van der Waals surface area (Å²) in [4.78, 5) is 0. The van der Waals surface area contributed by atoms with Crippen LogP contribution in [0.4, 0.5) is 0 Å². The van der Waals surface area contributed by atoms with Crippen molar-refractivity contribution < 1.29 is 8.42 Å². The number of hydrogen-bond donors (Lipinski definition) is 1. The number of rotatable bonds is 6. The van der Waals surface area contributed by atoms with Crippen LogP contribution in [-0.4, -0.2) is 18.2 Å². The molecule has 2 aromatic heterocycles. The first-order valence-corrected chi connectivity index (χ1v) is 10.5. The van der Waals surface area contributed by atoms with Crippen LogP contribution in [0, 0.1) is 0 Å². The zero-order valence-electron chi connectivity index (χ0n) is 13.9. The molecule has 2 aromatic carbocycles. The Morgan fingerprint density at radius 1 is 0.962 bits per heavy atom. The van der Waals surface area contributed by atoms with Gasteiger partial charge in [-0.25, -0.2) is 13.1 Å². The van der Waals surface area contributed by atoms with Crippen LogP contribution in [-0.2, 0) is 23.1 Å². The zero-order valence-corrected chi connectivity index (χ0v) is 15.5. The van der Waals surface area contributed by atoms with Crippen molar-refractivity contribution in [3.05, 3.63) is 83.4 Å². The van der Waals surface area contributed by atoms with Crippen LogP contribution in [0.3, 0.4) is 0 Å². The van der Waals surface area contributed by atoms with E-state index < -0.39 is 10.0 Å². The zero-order chi connectivity index (χ0) is 18.0. The number of nitrogens with one attached hydrogen (secondary N) is 1. The molecule has 0 fully saturated rings. The molecule has 1 N–H and O–H groups in total. The van der Waals surface area contributed by atoms with Crippen molar-refractivity contribution in [2.24, 2.45) is 0 Å². The van der Waals surface area contributed by atoms with Gasteiger partial charge in [-0.3, -0.25) is 4.68 Å². The molecule has 0 saturated carbocycles. The van der Waals surface area contributed by atoms with Crippen molar-refractivity contribution in [3.63, 3.8) is 0 Å². The SMILES string of the molecule is O=S(=O)(NCc1nn(Cc2ccccc2)c2ccccc12)c1cccs1. The maximum Gasteiger partial charge on any atom is 0.250 e. The molecule has 0 atom stereocenters. The molecule has 2 heterocycles. The van der Waals surface area contributed by atoms with E-state index in [0.29, 0.717) is 10.8 Å². The van der Waals surface area contributed by atoms with Crippen molar-refractivity contribution in [1.82, 2.24) is 14.5 Å². The lowest BCUT2D eigenvalue weighted by Gasteiger charge is -2.04. The van der Waals surface area contributed by atoms with E-state index in [1.807, 2.05) is 47.1 Å². The Balaban J connectivity index is 1.63. The van der Waals surface area contributed by atoms with E-state index in [9.17, 15) is 8.42 Å². The summed E-state index contributed by atoms with van der Waals surface area (Å²) in [5.74, 6) is 0. The molecule has 0 aliphatic rings. The summed E-state index contributed by atoms with van der Waals surface area (Å²) in [5, 5.41) is 7.37. The Morgan fingerprint density at radius 3 is 2.50 bits per heavy atom. The fourth-order valence-corrected chi connectivity index (χ4v) is 4.88. The first-order chi connectivity index (χ1) is 12.6. The van der Waals surface area contributed by atoms with Crippen LogP contribution in [0.5, 0.6) is 0 Å². The number of sulfonamides is 1. The van der Waals surface area contributed by atoms with Gasteiger partial charge in [0.1, 0.15) is 4.21 Å². The first-order valence-electron chi connectivity index (χ1n) is 8.15.